The predicted molar refractivity (Wildman–Crippen MR) is 55.4 cm³/mol. The molecule has 0 amide bonds. The van der Waals surface area contributed by atoms with Gasteiger partial charge in [0.25, 0.3) is 0 Å². The van der Waals surface area contributed by atoms with Gasteiger partial charge in [0.1, 0.15) is 0 Å². The zero-order valence-electron chi connectivity index (χ0n) is 7.25. The van der Waals surface area contributed by atoms with Crippen LogP contribution in [0.5, 0.6) is 0 Å². The monoisotopic (exact) mass is 217 g/mol. The van der Waals surface area contributed by atoms with Gasteiger partial charge in [-0.15, -0.1) is 11.3 Å². The molecule has 0 spiro atoms. The molecule has 1 saturated heterocycles. The summed E-state index contributed by atoms with van der Waals surface area (Å²) < 4.78 is 6.52. The molecule has 1 N–H and O–H groups in total. The standard InChI is InChI=1S/C9H12ClNOS/c10-9-3-7(6-13-9)5-12-8-1-2-11-4-8/h3,6,8,11H,1-2,4-5H2. The van der Waals surface area contributed by atoms with Crippen LogP contribution in [0, 0.1) is 0 Å². The summed E-state index contributed by atoms with van der Waals surface area (Å²) in [5, 5.41) is 5.31. The van der Waals surface area contributed by atoms with Gasteiger partial charge in [0.05, 0.1) is 17.0 Å². The molecule has 0 radical (unpaired) electrons. The summed E-state index contributed by atoms with van der Waals surface area (Å²) in [5.41, 5.74) is 1.18. The molecule has 2 nitrogen and oxygen atoms in total. The number of halogens is 1. The van der Waals surface area contributed by atoms with E-state index in [0.717, 1.165) is 23.8 Å². The molecule has 4 heteroatoms. The molecular formula is C9H12ClNOS. The average molecular weight is 218 g/mol. The molecule has 0 bridgehead atoms. The smallest absolute Gasteiger partial charge is 0.0931 e. The number of thiophene rings is 1. The molecule has 2 rings (SSSR count). The third kappa shape index (κ3) is 2.68. The Morgan fingerprint density at radius 2 is 2.62 bits per heavy atom. The van der Waals surface area contributed by atoms with E-state index in [4.69, 9.17) is 16.3 Å². The van der Waals surface area contributed by atoms with Crippen LogP contribution in [0.4, 0.5) is 0 Å². The van der Waals surface area contributed by atoms with Gasteiger partial charge in [0, 0.05) is 6.54 Å². The van der Waals surface area contributed by atoms with Crippen molar-refractivity contribution in [2.75, 3.05) is 13.1 Å². The first kappa shape index (κ1) is 9.46. The van der Waals surface area contributed by atoms with Crippen molar-refractivity contribution in [3.63, 3.8) is 0 Å². The molecule has 0 aliphatic carbocycles. The molecule has 1 aliphatic heterocycles. The highest BCUT2D eigenvalue weighted by atomic mass is 35.5. The minimum absolute atomic E-state index is 0.388. The predicted octanol–water partition coefficient (Wildman–Crippen LogP) is 2.28. The van der Waals surface area contributed by atoms with Crippen LogP contribution in [0.3, 0.4) is 0 Å². The Hall–Kier alpha value is -0.0900. The van der Waals surface area contributed by atoms with Gasteiger partial charge in [-0.2, -0.15) is 0 Å². The van der Waals surface area contributed by atoms with Crippen molar-refractivity contribution < 1.29 is 4.74 Å². The van der Waals surface area contributed by atoms with Gasteiger partial charge in [-0.25, -0.2) is 0 Å². The zero-order chi connectivity index (χ0) is 9.10. The van der Waals surface area contributed by atoms with Crippen LogP contribution in [0.1, 0.15) is 12.0 Å². The molecule has 72 valence electrons. The van der Waals surface area contributed by atoms with Crippen molar-refractivity contribution in [3.8, 4) is 0 Å². The van der Waals surface area contributed by atoms with Crippen LogP contribution in [-0.2, 0) is 11.3 Å². The molecule has 1 aromatic heterocycles. The highest BCUT2D eigenvalue weighted by molar-refractivity contribution is 7.14. The van der Waals surface area contributed by atoms with Gasteiger partial charge in [-0.05, 0) is 30.0 Å². The van der Waals surface area contributed by atoms with E-state index < -0.39 is 0 Å². The van der Waals surface area contributed by atoms with Crippen LogP contribution in [-0.4, -0.2) is 19.2 Å². The number of ether oxygens (including phenoxy) is 1. The van der Waals surface area contributed by atoms with Crippen molar-refractivity contribution in [2.24, 2.45) is 0 Å². The second-order valence-electron chi connectivity index (χ2n) is 3.18. The van der Waals surface area contributed by atoms with E-state index in [9.17, 15) is 0 Å². The summed E-state index contributed by atoms with van der Waals surface area (Å²) in [6.45, 7) is 2.75. The van der Waals surface area contributed by atoms with Crippen molar-refractivity contribution in [3.05, 3.63) is 21.3 Å². The summed E-state index contributed by atoms with van der Waals surface area (Å²) in [7, 11) is 0. The van der Waals surface area contributed by atoms with Crippen molar-refractivity contribution in [1.82, 2.24) is 5.32 Å². The van der Waals surface area contributed by atoms with E-state index >= 15 is 0 Å². The van der Waals surface area contributed by atoms with Crippen molar-refractivity contribution >= 4 is 22.9 Å². The van der Waals surface area contributed by atoms with E-state index in [0.29, 0.717) is 12.7 Å². The molecule has 1 aromatic rings. The fourth-order valence-electron chi connectivity index (χ4n) is 1.41. The van der Waals surface area contributed by atoms with Gasteiger partial charge in [-0.3, -0.25) is 0 Å². The fourth-order valence-corrected chi connectivity index (χ4v) is 2.30. The highest BCUT2D eigenvalue weighted by Crippen LogP contribution is 2.21. The molecule has 1 unspecified atom stereocenters. The zero-order valence-corrected chi connectivity index (χ0v) is 8.83. The lowest BCUT2D eigenvalue weighted by Gasteiger charge is -2.08. The normalized spacial score (nSPS) is 22.4. The number of hydrogen-bond donors (Lipinski definition) is 1. The minimum atomic E-state index is 0.388. The Kier molecular flexibility index (Phi) is 3.22. The van der Waals surface area contributed by atoms with E-state index in [1.54, 1.807) is 11.3 Å². The topological polar surface area (TPSA) is 21.3 Å². The maximum Gasteiger partial charge on any atom is 0.0931 e. The Bertz CT molecular complexity index is 270. The second kappa shape index (κ2) is 4.42. The van der Waals surface area contributed by atoms with E-state index in [1.165, 1.54) is 5.56 Å². The van der Waals surface area contributed by atoms with Crippen molar-refractivity contribution in [1.29, 1.82) is 0 Å². The first-order valence-corrected chi connectivity index (χ1v) is 5.65. The Morgan fingerprint density at radius 1 is 1.69 bits per heavy atom. The van der Waals surface area contributed by atoms with Gasteiger partial charge in [0.2, 0.25) is 0 Å². The highest BCUT2D eigenvalue weighted by Gasteiger charge is 2.14. The van der Waals surface area contributed by atoms with E-state index in [1.807, 2.05) is 11.4 Å². The van der Waals surface area contributed by atoms with Gasteiger partial charge in [0.15, 0.2) is 0 Å². The quantitative estimate of drug-likeness (QED) is 0.839. The first-order valence-electron chi connectivity index (χ1n) is 4.40. The summed E-state index contributed by atoms with van der Waals surface area (Å²) in [5.74, 6) is 0. The van der Waals surface area contributed by atoms with Gasteiger partial charge >= 0.3 is 0 Å². The third-order valence-corrected chi connectivity index (χ3v) is 3.26. The number of rotatable bonds is 3. The summed E-state index contributed by atoms with van der Waals surface area (Å²) in [6, 6.07) is 1.97. The maximum absolute atomic E-state index is 5.81. The molecule has 13 heavy (non-hydrogen) atoms. The Morgan fingerprint density at radius 3 is 3.23 bits per heavy atom. The summed E-state index contributed by atoms with van der Waals surface area (Å²) >= 11 is 7.36. The van der Waals surface area contributed by atoms with E-state index in [2.05, 4.69) is 5.32 Å². The lowest BCUT2D eigenvalue weighted by Crippen LogP contribution is -2.16. The molecular weight excluding hydrogens is 206 g/mol. The SMILES string of the molecule is Clc1cc(COC2CCNC2)cs1. The van der Waals surface area contributed by atoms with Crippen LogP contribution < -0.4 is 5.32 Å². The number of nitrogens with one attached hydrogen (secondary N) is 1. The Labute approximate surface area is 86.9 Å². The average Bonchev–Trinajstić information content (AvgIpc) is 2.71. The first-order chi connectivity index (χ1) is 6.34. The molecule has 1 fully saturated rings. The van der Waals surface area contributed by atoms with Crippen LogP contribution >= 0.6 is 22.9 Å². The minimum Gasteiger partial charge on any atom is -0.372 e. The summed E-state index contributed by atoms with van der Waals surface area (Å²) in [4.78, 5) is 0. The van der Waals surface area contributed by atoms with Crippen LogP contribution in [0.2, 0.25) is 4.34 Å². The van der Waals surface area contributed by atoms with Crippen LogP contribution in [0.15, 0.2) is 11.4 Å². The van der Waals surface area contributed by atoms with Crippen LogP contribution in [0.25, 0.3) is 0 Å². The molecule has 2 heterocycles. The second-order valence-corrected chi connectivity index (χ2v) is 4.73. The van der Waals surface area contributed by atoms with E-state index in [-0.39, 0.29) is 0 Å². The van der Waals surface area contributed by atoms with Gasteiger partial charge in [-0.1, -0.05) is 11.6 Å². The van der Waals surface area contributed by atoms with Gasteiger partial charge < -0.3 is 10.1 Å². The Balaban J connectivity index is 1.78. The largest absolute Gasteiger partial charge is 0.372 e. The maximum atomic E-state index is 5.81. The third-order valence-electron chi connectivity index (χ3n) is 2.12. The van der Waals surface area contributed by atoms with Crippen molar-refractivity contribution in [2.45, 2.75) is 19.1 Å². The fraction of sp³-hybridized carbons (Fsp3) is 0.556. The lowest BCUT2D eigenvalue weighted by molar-refractivity contribution is 0.0544. The molecule has 1 atom stereocenters. The number of hydrogen-bond acceptors (Lipinski definition) is 3. The lowest BCUT2D eigenvalue weighted by atomic mass is 10.3. The summed E-state index contributed by atoms with van der Waals surface area (Å²) in [6.07, 6.45) is 1.51. The molecule has 1 aliphatic rings. The molecule has 0 saturated carbocycles. The molecule has 0 aromatic carbocycles.